The second-order valence-corrected chi connectivity index (χ2v) is 7.08. The quantitative estimate of drug-likeness (QED) is 0.911. The summed E-state index contributed by atoms with van der Waals surface area (Å²) < 4.78 is 0. The molecule has 2 amide bonds. The van der Waals surface area contributed by atoms with Gasteiger partial charge in [0.2, 0.25) is 11.8 Å². The van der Waals surface area contributed by atoms with Gasteiger partial charge in [-0.15, -0.1) is 11.3 Å². The maximum atomic E-state index is 12.3. The predicted molar refractivity (Wildman–Crippen MR) is 86.7 cm³/mol. The summed E-state index contributed by atoms with van der Waals surface area (Å²) in [6.07, 6.45) is 1.60. The van der Waals surface area contributed by atoms with E-state index in [-0.39, 0.29) is 17.9 Å². The van der Waals surface area contributed by atoms with Gasteiger partial charge in [-0.25, -0.2) is 0 Å². The molecule has 2 aliphatic rings. The van der Waals surface area contributed by atoms with Crippen LogP contribution in [0.1, 0.15) is 30.2 Å². The molecule has 3 heterocycles. The Balaban J connectivity index is 1.49. The summed E-state index contributed by atoms with van der Waals surface area (Å²) in [7, 11) is 0. The molecule has 1 fully saturated rings. The average molecular weight is 321 g/mol. The first-order chi connectivity index (χ1) is 10.6. The fourth-order valence-electron chi connectivity index (χ4n) is 3.19. The molecule has 2 aliphatic heterocycles. The van der Waals surface area contributed by atoms with Gasteiger partial charge in [-0.2, -0.15) is 0 Å². The fraction of sp³-hybridized carbons (Fsp3) is 0.625. The van der Waals surface area contributed by atoms with Gasteiger partial charge in [-0.1, -0.05) is 0 Å². The van der Waals surface area contributed by atoms with E-state index in [4.69, 9.17) is 0 Å². The van der Waals surface area contributed by atoms with Gasteiger partial charge < -0.3 is 15.1 Å². The average Bonchev–Trinajstić information content (AvgIpc) is 3.00. The molecule has 0 bridgehead atoms. The van der Waals surface area contributed by atoms with Crippen LogP contribution in [0, 0.1) is 0 Å². The first kappa shape index (κ1) is 15.5. The van der Waals surface area contributed by atoms with Crippen molar-refractivity contribution in [1.29, 1.82) is 0 Å². The number of carbonyl (C=O) groups is 2. The number of nitrogens with one attached hydrogen (secondary N) is 1. The minimum absolute atomic E-state index is 0.105. The van der Waals surface area contributed by atoms with Crippen LogP contribution < -0.4 is 5.32 Å². The Morgan fingerprint density at radius 1 is 1.32 bits per heavy atom. The van der Waals surface area contributed by atoms with Crippen molar-refractivity contribution < 1.29 is 9.59 Å². The van der Waals surface area contributed by atoms with Crippen molar-refractivity contribution >= 4 is 23.2 Å². The molecule has 22 heavy (non-hydrogen) atoms. The summed E-state index contributed by atoms with van der Waals surface area (Å²) in [5.74, 6) is 0.212. The molecule has 1 aromatic rings. The zero-order chi connectivity index (χ0) is 15.5. The Labute approximate surface area is 135 Å². The number of hydrogen-bond donors (Lipinski definition) is 1. The zero-order valence-electron chi connectivity index (χ0n) is 13.0. The van der Waals surface area contributed by atoms with Crippen LogP contribution in [0.5, 0.6) is 0 Å². The summed E-state index contributed by atoms with van der Waals surface area (Å²) in [5.41, 5.74) is 1.27. The molecule has 0 spiro atoms. The number of fused-ring (bicyclic) bond motifs is 1. The van der Waals surface area contributed by atoms with E-state index < -0.39 is 0 Å². The molecule has 1 saturated heterocycles. The number of carbonyl (C=O) groups excluding carboxylic acids is 2. The number of thiophene rings is 1. The Hall–Kier alpha value is -1.40. The summed E-state index contributed by atoms with van der Waals surface area (Å²) in [6.45, 7) is 5.97. The van der Waals surface area contributed by atoms with Crippen LogP contribution in [-0.2, 0) is 22.6 Å². The van der Waals surface area contributed by atoms with Gasteiger partial charge in [-0.3, -0.25) is 9.59 Å². The van der Waals surface area contributed by atoms with E-state index in [0.29, 0.717) is 19.4 Å². The molecule has 1 N–H and O–H groups in total. The SMILES string of the molecule is C[C@@H]1CNCCN1C(=O)CCC(=O)N1CCc2sccc2C1. The predicted octanol–water partition coefficient (Wildman–Crippen LogP) is 1.23. The topological polar surface area (TPSA) is 52.7 Å². The lowest BCUT2D eigenvalue weighted by Crippen LogP contribution is -2.52. The largest absolute Gasteiger partial charge is 0.338 e. The first-order valence-electron chi connectivity index (χ1n) is 7.98. The molecule has 120 valence electrons. The molecule has 0 aliphatic carbocycles. The molecular formula is C16H23N3O2S. The molecular weight excluding hydrogens is 298 g/mol. The van der Waals surface area contributed by atoms with Gasteiger partial charge in [0, 0.05) is 56.5 Å². The summed E-state index contributed by atoms with van der Waals surface area (Å²) in [6, 6.07) is 2.33. The number of nitrogens with zero attached hydrogens (tertiary/aromatic N) is 2. The van der Waals surface area contributed by atoms with Gasteiger partial charge in [-0.05, 0) is 30.4 Å². The maximum Gasteiger partial charge on any atom is 0.223 e. The standard InChI is InChI=1S/C16H23N3O2S/c1-12-10-17-6-8-19(12)16(21)3-2-15(20)18-7-4-14-13(11-18)5-9-22-14/h5,9,12,17H,2-4,6-8,10-11H2,1H3/t12-/m1/s1. The molecule has 6 heteroatoms. The molecule has 1 atom stereocenters. The van der Waals surface area contributed by atoms with Gasteiger partial charge in [0.25, 0.3) is 0 Å². The zero-order valence-corrected chi connectivity index (χ0v) is 13.8. The van der Waals surface area contributed by atoms with Crippen molar-refractivity contribution in [3.05, 3.63) is 21.9 Å². The molecule has 0 saturated carbocycles. The third-order valence-electron chi connectivity index (χ3n) is 4.53. The molecule has 1 aromatic heterocycles. The normalized spacial score (nSPS) is 21.6. The number of hydrogen-bond acceptors (Lipinski definition) is 4. The third kappa shape index (κ3) is 3.33. The second kappa shape index (κ2) is 6.79. The Morgan fingerprint density at radius 2 is 2.14 bits per heavy atom. The van der Waals surface area contributed by atoms with E-state index in [9.17, 15) is 9.59 Å². The van der Waals surface area contributed by atoms with Crippen molar-refractivity contribution in [1.82, 2.24) is 15.1 Å². The van der Waals surface area contributed by atoms with E-state index in [1.807, 2.05) is 9.80 Å². The molecule has 3 rings (SSSR count). The van der Waals surface area contributed by atoms with E-state index >= 15 is 0 Å². The summed E-state index contributed by atoms with van der Waals surface area (Å²) >= 11 is 1.77. The van der Waals surface area contributed by atoms with E-state index in [0.717, 1.165) is 32.6 Å². The number of piperazine rings is 1. The molecule has 0 radical (unpaired) electrons. The van der Waals surface area contributed by atoms with Gasteiger partial charge in [0.15, 0.2) is 0 Å². The highest BCUT2D eigenvalue weighted by atomic mass is 32.1. The highest BCUT2D eigenvalue weighted by molar-refractivity contribution is 7.10. The Kier molecular flexibility index (Phi) is 4.78. The fourth-order valence-corrected chi connectivity index (χ4v) is 4.08. The van der Waals surface area contributed by atoms with Crippen molar-refractivity contribution in [2.75, 3.05) is 26.2 Å². The van der Waals surface area contributed by atoms with Gasteiger partial charge >= 0.3 is 0 Å². The smallest absolute Gasteiger partial charge is 0.223 e. The van der Waals surface area contributed by atoms with Crippen molar-refractivity contribution in [2.24, 2.45) is 0 Å². The summed E-state index contributed by atoms with van der Waals surface area (Å²) in [5, 5.41) is 5.37. The van der Waals surface area contributed by atoms with Crippen LogP contribution in [0.2, 0.25) is 0 Å². The minimum atomic E-state index is 0.105. The number of rotatable bonds is 3. The minimum Gasteiger partial charge on any atom is -0.338 e. The van der Waals surface area contributed by atoms with Crippen molar-refractivity contribution in [3.8, 4) is 0 Å². The monoisotopic (exact) mass is 321 g/mol. The second-order valence-electron chi connectivity index (χ2n) is 6.07. The lowest BCUT2D eigenvalue weighted by atomic mass is 10.1. The highest BCUT2D eigenvalue weighted by Gasteiger charge is 2.25. The lowest BCUT2D eigenvalue weighted by Gasteiger charge is -2.34. The van der Waals surface area contributed by atoms with Crippen LogP contribution in [0.15, 0.2) is 11.4 Å². The van der Waals surface area contributed by atoms with E-state index in [2.05, 4.69) is 23.7 Å². The Bertz CT molecular complexity index is 557. The maximum absolute atomic E-state index is 12.3. The molecule has 0 unspecified atom stereocenters. The van der Waals surface area contributed by atoms with E-state index in [1.165, 1.54) is 10.4 Å². The summed E-state index contributed by atoms with van der Waals surface area (Å²) in [4.78, 5) is 29.8. The van der Waals surface area contributed by atoms with Gasteiger partial charge in [0.05, 0.1) is 0 Å². The number of amides is 2. The molecule has 0 aromatic carbocycles. The first-order valence-corrected chi connectivity index (χ1v) is 8.86. The van der Waals surface area contributed by atoms with Crippen LogP contribution in [0.25, 0.3) is 0 Å². The van der Waals surface area contributed by atoms with Crippen LogP contribution in [-0.4, -0.2) is 53.8 Å². The van der Waals surface area contributed by atoms with Crippen molar-refractivity contribution in [3.63, 3.8) is 0 Å². The van der Waals surface area contributed by atoms with Crippen LogP contribution in [0.3, 0.4) is 0 Å². The highest BCUT2D eigenvalue weighted by Crippen LogP contribution is 2.24. The van der Waals surface area contributed by atoms with Crippen molar-refractivity contribution in [2.45, 2.75) is 38.8 Å². The lowest BCUT2D eigenvalue weighted by molar-refractivity contribution is -0.139. The van der Waals surface area contributed by atoms with Crippen LogP contribution in [0.4, 0.5) is 0 Å². The van der Waals surface area contributed by atoms with Gasteiger partial charge in [0.1, 0.15) is 0 Å². The van der Waals surface area contributed by atoms with E-state index in [1.54, 1.807) is 11.3 Å². The Morgan fingerprint density at radius 3 is 2.95 bits per heavy atom. The third-order valence-corrected chi connectivity index (χ3v) is 5.56. The molecule has 5 nitrogen and oxygen atoms in total. The van der Waals surface area contributed by atoms with Crippen LogP contribution >= 0.6 is 11.3 Å².